The Kier molecular flexibility index (Phi) is 7.78. The summed E-state index contributed by atoms with van der Waals surface area (Å²) in [6.45, 7) is 2.70. The van der Waals surface area contributed by atoms with Gasteiger partial charge in [0, 0.05) is 6.92 Å². The lowest BCUT2D eigenvalue weighted by atomic mass is 9.91. The molecule has 0 spiro atoms. The summed E-state index contributed by atoms with van der Waals surface area (Å²) in [4.78, 5) is 50.6. The van der Waals surface area contributed by atoms with Gasteiger partial charge in [0.2, 0.25) is 5.91 Å². The number of carboxylic acid groups (broad SMARTS) is 1. The molecule has 0 unspecified atom stereocenters. The smallest absolute Gasteiger partial charge is 0.344 e. The third-order valence-electron chi connectivity index (χ3n) is 5.27. The average molecular weight is 474 g/mol. The molecular weight excluding hydrogens is 450 g/mol. The summed E-state index contributed by atoms with van der Waals surface area (Å²) in [6.07, 6.45) is 0.936. The first-order valence-electron chi connectivity index (χ1n) is 9.76. The van der Waals surface area contributed by atoms with Crippen LogP contribution in [-0.2, 0) is 19.9 Å². The summed E-state index contributed by atoms with van der Waals surface area (Å²) in [6, 6.07) is 13.1. The van der Waals surface area contributed by atoms with Gasteiger partial charge in [0.15, 0.2) is 0 Å². The summed E-state index contributed by atoms with van der Waals surface area (Å²) < 4.78 is 0. The molecule has 0 aromatic heterocycles. The van der Waals surface area contributed by atoms with Crippen molar-refractivity contribution in [2.24, 2.45) is 10.9 Å². The third kappa shape index (κ3) is 4.96. The highest BCUT2D eigenvalue weighted by Gasteiger charge is 2.53. The van der Waals surface area contributed by atoms with Gasteiger partial charge in [-0.2, -0.15) is 10.1 Å². The number of carbonyl (C=O) groups excluding carboxylic acids is 3. The van der Waals surface area contributed by atoms with Crippen LogP contribution >= 0.6 is 12.4 Å². The van der Waals surface area contributed by atoms with Crippen LogP contribution in [0.3, 0.4) is 0 Å². The van der Waals surface area contributed by atoms with Crippen LogP contribution in [0.15, 0.2) is 59.7 Å². The van der Waals surface area contributed by atoms with Crippen LogP contribution in [0.5, 0.6) is 0 Å². The van der Waals surface area contributed by atoms with Crippen molar-refractivity contribution in [1.82, 2.24) is 15.3 Å². The second-order valence-electron chi connectivity index (χ2n) is 7.46. The Hall–Kier alpha value is -3.92. The fourth-order valence-corrected chi connectivity index (χ4v) is 3.69. The Labute approximate surface area is 196 Å². The van der Waals surface area contributed by atoms with Crippen LogP contribution in [0.25, 0.3) is 0 Å². The number of hydrogen-bond donors (Lipinski definition) is 3. The molecule has 0 bridgehead atoms. The van der Waals surface area contributed by atoms with Gasteiger partial charge >= 0.3 is 12.0 Å². The van der Waals surface area contributed by atoms with Crippen molar-refractivity contribution in [1.29, 1.82) is 0 Å². The van der Waals surface area contributed by atoms with E-state index in [0.717, 1.165) is 5.01 Å². The number of halogens is 1. The van der Waals surface area contributed by atoms with Gasteiger partial charge < -0.3 is 16.3 Å². The van der Waals surface area contributed by atoms with Crippen molar-refractivity contribution in [2.75, 3.05) is 0 Å². The van der Waals surface area contributed by atoms with Gasteiger partial charge in [-0.1, -0.05) is 54.6 Å². The maximum atomic E-state index is 13.5. The lowest BCUT2D eigenvalue weighted by Crippen LogP contribution is -2.52. The SMILES string of the molecule is CC(=O)N([C@@H](CC(=O)O)c1ccccc1)N1C(=O)N[C@@](C)(c2ccc(/C=N/N)cc2)C1=O.Cl. The molecule has 11 heteroatoms. The van der Waals surface area contributed by atoms with Crippen molar-refractivity contribution >= 4 is 42.4 Å². The number of hydrogen-bond acceptors (Lipinski definition) is 6. The predicted molar refractivity (Wildman–Crippen MR) is 122 cm³/mol. The minimum absolute atomic E-state index is 0. The first kappa shape index (κ1) is 25.3. The van der Waals surface area contributed by atoms with E-state index in [0.29, 0.717) is 21.7 Å². The molecule has 10 nitrogen and oxygen atoms in total. The fraction of sp³-hybridized carbons (Fsp3) is 0.227. The number of benzene rings is 2. The zero-order valence-corrected chi connectivity index (χ0v) is 18.8. The first-order chi connectivity index (χ1) is 15.2. The topological polar surface area (TPSA) is 145 Å². The summed E-state index contributed by atoms with van der Waals surface area (Å²) in [5.41, 5.74) is 0.188. The van der Waals surface area contributed by atoms with E-state index in [-0.39, 0.29) is 12.4 Å². The second-order valence-corrected chi connectivity index (χ2v) is 7.46. The lowest BCUT2D eigenvalue weighted by molar-refractivity contribution is -0.162. The van der Waals surface area contributed by atoms with Gasteiger partial charge in [-0.25, -0.2) is 9.80 Å². The Morgan fingerprint density at radius 3 is 2.30 bits per heavy atom. The summed E-state index contributed by atoms with van der Waals surface area (Å²) in [5, 5.41) is 17.1. The molecule has 4 amide bonds. The Morgan fingerprint density at radius 1 is 1.18 bits per heavy atom. The monoisotopic (exact) mass is 473 g/mol. The summed E-state index contributed by atoms with van der Waals surface area (Å²) in [5.74, 6) is 2.61. The van der Waals surface area contributed by atoms with Crippen LogP contribution < -0.4 is 11.2 Å². The third-order valence-corrected chi connectivity index (χ3v) is 5.27. The van der Waals surface area contributed by atoms with E-state index < -0.39 is 41.8 Å². The number of carbonyl (C=O) groups is 4. The number of urea groups is 1. The van der Waals surface area contributed by atoms with E-state index in [1.54, 1.807) is 54.6 Å². The number of carboxylic acids is 1. The normalized spacial score (nSPS) is 18.5. The lowest BCUT2D eigenvalue weighted by Gasteiger charge is -2.35. The number of rotatable bonds is 7. The molecule has 174 valence electrons. The maximum absolute atomic E-state index is 13.5. The molecule has 4 N–H and O–H groups in total. The molecule has 0 radical (unpaired) electrons. The van der Waals surface area contributed by atoms with Crippen LogP contribution in [0.2, 0.25) is 0 Å². The number of aliphatic carboxylic acids is 1. The van der Waals surface area contributed by atoms with E-state index in [2.05, 4.69) is 10.4 Å². The summed E-state index contributed by atoms with van der Waals surface area (Å²) in [7, 11) is 0. The van der Waals surface area contributed by atoms with Gasteiger partial charge in [-0.05, 0) is 23.6 Å². The number of nitrogens with two attached hydrogens (primary N) is 1. The van der Waals surface area contributed by atoms with Crippen molar-refractivity contribution in [2.45, 2.75) is 31.8 Å². The van der Waals surface area contributed by atoms with Gasteiger partial charge in [-0.3, -0.25) is 14.4 Å². The van der Waals surface area contributed by atoms with Crippen molar-refractivity contribution < 1.29 is 24.3 Å². The maximum Gasteiger partial charge on any atom is 0.344 e. The molecule has 1 fully saturated rings. The average Bonchev–Trinajstić information content (AvgIpc) is 2.98. The van der Waals surface area contributed by atoms with E-state index in [1.165, 1.54) is 20.1 Å². The standard InChI is InChI=1S/C22H23N5O5.ClH/c1-14(28)26(18(12-19(29)30)16-6-4-3-5-7-16)27-20(31)22(2,25-21(27)32)17-10-8-15(9-11-17)13-24-23;/h3-11,13,18H,12,23H2,1-2H3,(H,25,32)(H,29,30);1H/b24-13+;/t18-,22-;/m0./s1. The minimum atomic E-state index is -1.46. The molecule has 0 aliphatic carbocycles. The molecule has 2 aromatic carbocycles. The van der Waals surface area contributed by atoms with E-state index in [1.807, 2.05) is 0 Å². The zero-order chi connectivity index (χ0) is 23.5. The minimum Gasteiger partial charge on any atom is -0.481 e. The molecule has 1 saturated heterocycles. The molecule has 2 atom stereocenters. The number of hydrazine groups is 1. The van der Waals surface area contributed by atoms with Gasteiger partial charge in [-0.15, -0.1) is 12.4 Å². The number of nitrogens with one attached hydrogen (secondary N) is 1. The van der Waals surface area contributed by atoms with Crippen molar-refractivity contribution in [3.05, 3.63) is 71.3 Å². The van der Waals surface area contributed by atoms with Gasteiger partial charge in [0.1, 0.15) is 5.54 Å². The van der Waals surface area contributed by atoms with Crippen LogP contribution in [0.4, 0.5) is 4.79 Å². The highest BCUT2D eigenvalue weighted by molar-refractivity contribution is 6.08. The fourth-order valence-electron chi connectivity index (χ4n) is 3.69. The number of nitrogens with zero attached hydrogens (tertiary/aromatic N) is 3. The van der Waals surface area contributed by atoms with Gasteiger partial charge in [0.25, 0.3) is 5.91 Å². The second kappa shape index (κ2) is 10.1. The quantitative estimate of drug-likeness (QED) is 0.243. The molecule has 33 heavy (non-hydrogen) atoms. The molecule has 0 saturated carbocycles. The Bertz CT molecular complexity index is 1080. The Morgan fingerprint density at radius 2 is 1.79 bits per heavy atom. The zero-order valence-electron chi connectivity index (χ0n) is 18.0. The summed E-state index contributed by atoms with van der Waals surface area (Å²) >= 11 is 0. The van der Waals surface area contributed by atoms with Gasteiger partial charge in [0.05, 0.1) is 18.7 Å². The van der Waals surface area contributed by atoms with Crippen LogP contribution in [0.1, 0.15) is 43.0 Å². The highest BCUT2D eigenvalue weighted by atomic mass is 35.5. The number of imide groups is 1. The van der Waals surface area contributed by atoms with E-state index >= 15 is 0 Å². The molecule has 1 heterocycles. The highest BCUT2D eigenvalue weighted by Crippen LogP contribution is 2.34. The van der Waals surface area contributed by atoms with E-state index in [4.69, 9.17) is 5.84 Å². The van der Waals surface area contributed by atoms with Crippen LogP contribution in [0, 0.1) is 0 Å². The molecule has 1 aliphatic heterocycles. The van der Waals surface area contributed by atoms with Crippen LogP contribution in [-0.4, -0.2) is 45.2 Å². The van der Waals surface area contributed by atoms with E-state index in [9.17, 15) is 24.3 Å². The van der Waals surface area contributed by atoms with Crippen molar-refractivity contribution in [3.63, 3.8) is 0 Å². The molecule has 1 aliphatic rings. The predicted octanol–water partition coefficient (Wildman–Crippen LogP) is 2.15. The number of hydrazone groups is 1. The number of amides is 4. The first-order valence-corrected chi connectivity index (χ1v) is 9.76. The molecule has 2 aromatic rings. The Balaban J connectivity index is 0.00000385. The van der Waals surface area contributed by atoms with Crippen molar-refractivity contribution in [3.8, 4) is 0 Å². The largest absolute Gasteiger partial charge is 0.481 e. The molecular formula is C22H24ClN5O5. The molecule has 3 rings (SSSR count).